The molecule has 0 saturated carbocycles. The summed E-state index contributed by atoms with van der Waals surface area (Å²) in [4.78, 5) is 28.6. The number of likely N-dealkylation sites (N-methyl/N-ethyl adjacent to an activating group) is 1. The number of halogens is 1. The van der Waals surface area contributed by atoms with Crippen molar-refractivity contribution in [1.29, 1.82) is 0 Å². The Morgan fingerprint density at radius 3 is 2.63 bits per heavy atom. The number of aryl methyl sites for hydroxylation is 1. The number of nitrogens with one attached hydrogen (secondary N) is 2. The van der Waals surface area contributed by atoms with Crippen LogP contribution in [0.25, 0.3) is 11.3 Å². The molecule has 2 N–H and O–H groups in total. The number of amides is 1. The molecule has 3 heterocycles. The Bertz CT molecular complexity index is 1380. The van der Waals surface area contributed by atoms with Gasteiger partial charge in [-0.2, -0.15) is 0 Å². The number of hydrogen-bond acceptors (Lipinski definition) is 7. The lowest BCUT2D eigenvalue weighted by Crippen LogP contribution is -2.34. The van der Waals surface area contributed by atoms with Crippen molar-refractivity contribution in [2.45, 2.75) is 25.7 Å². The molecule has 194 valence electrons. The average molecular weight is 512 g/mol. The summed E-state index contributed by atoms with van der Waals surface area (Å²) >= 11 is 0. The molecule has 0 aliphatic carbocycles. The number of carbonyl (C=O) groups excluding carboxylic acids is 1. The van der Waals surface area contributed by atoms with Gasteiger partial charge >= 0.3 is 0 Å². The molecule has 9 heteroatoms. The SMILES string of the molecule is Cc1ccc(N(C=O)c2ccc(C(F)N(C)C3CCNC3)cc2)cc1Nc1nccc(-c2cccnc2)n1. The van der Waals surface area contributed by atoms with Crippen molar-refractivity contribution in [2.24, 2.45) is 0 Å². The Morgan fingerprint density at radius 1 is 1.11 bits per heavy atom. The summed E-state index contributed by atoms with van der Waals surface area (Å²) in [6.45, 7) is 3.66. The Labute approximate surface area is 221 Å². The molecule has 38 heavy (non-hydrogen) atoms. The third kappa shape index (κ3) is 5.53. The van der Waals surface area contributed by atoms with Crippen LogP contribution in [0.5, 0.6) is 0 Å². The highest BCUT2D eigenvalue weighted by molar-refractivity contribution is 5.88. The van der Waals surface area contributed by atoms with Crippen molar-refractivity contribution >= 4 is 29.4 Å². The van der Waals surface area contributed by atoms with Gasteiger partial charge in [-0.1, -0.05) is 18.2 Å². The Hall–Kier alpha value is -4.21. The van der Waals surface area contributed by atoms with Gasteiger partial charge in [0, 0.05) is 53.7 Å². The van der Waals surface area contributed by atoms with Crippen LogP contribution in [0, 0.1) is 6.92 Å². The number of benzene rings is 2. The smallest absolute Gasteiger partial charge is 0.227 e. The van der Waals surface area contributed by atoms with Gasteiger partial charge in [0.2, 0.25) is 12.4 Å². The molecule has 2 atom stereocenters. The molecule has 4 aromatic rings. The lowest BCUT2D eigenvalue weighted by molar-refractivity contribution is -0.106. The molecule has 1 fully saturated rings. The van der Waals surface area contributed by atoms with Gasteiger partial charge in [-0.05, 0) is 75.0 Å². The van der Waals surface area contributed by atoms with Crippen LogP contribution < -0.4 is 15.5 Å². The summed E-state index contributed by atoms with van der Waals surface area (Å²) in [5, 5.41) is 6.54. The van der Waals surface area contributed by atoms with Crippen molar-refractivity contribution in [3.05, 3.63) is 90.4 Å². The largest absolute Gasteiger partial charge is 0.324 e. The van der Waals surface area contributed by atoms with Crippen molar-refractivity contribution in [3.8, 4) is 11.3 Å². The van der Waals surface area contributed by atoms with Gasteiger partial charge in [0.05, 0.1) is 11.4 Å². The second kappa shape index (κ2) is 11.5. The third-order valence-corrected chi connectivity index (χ3v) is 6.88. The Balaban J connectivity index is 1.35. The second-order valence-electron chi connectivity index (χ2n) is 9.35. The summed E-state index contributed by atoms with van der Waals surface area (Å²) in [5.41, 5.74) is 5.24. The first-order valence-corrected chi connectivity index (χ1v) is 12.6. The number of hydrogen-bond donors (Lipinski definition) is 2. The summed E-state index contributed by atoms with van der Waals surface area (Å²) in [6.07, 6.45) is 5.63. The van der Waals surface area contributed by atoms with Crippen LogP contribution in [0.15, 0.2) is 79.3 Å². The molecule has 1 amide bonds. The van der Waals surface area contributed by atoms with Crippen molar-refractivity contribution in [2.75, 3.05) is 30.4 Å². The fourth-order valence-electron chi connectivity index (χ4n) is 4.58. The van der Waals surface area contributed by atoms with E-state index in [0.29, 0.717) is 22.9 Å². The van der Waals surface area contributed by atoms with Crippen LogP contribution >= 0.6 is 0 Å². The maximum atomic E-state index is 15.2. The summed E-state index contributed by atoms with van der Waals surface area (Å²) in [6, 6.07) is 18.5. The number of nitrogens with zero attached hydrogens (tertiary/aromatic N) is 5. The molecule has 2 aromatic heterocycles. The molecule has 1 saturated heterocycles. The average Bonchev–Trinajstić information content (AvgIpc) is 3.51. The van der Waals surface area contributed by atoms with Gasteiger partial charge in [-0.3, -0.25) is 19.6 Å². The quantitative estimate of drug-likeness (QED) is 0.238. The molecule has 8 nitrogen and oxygen atoms in total. The van der Waals surface area contributed by atoms with Crippen molar-refractivity contribution in [1.82, 2.24) is 25.2 Å². The van der Waals surface area contributed by atoms with E-state index in [2.05, 4.69) is 25.6 Å². The van der Waals surface area contributed by atoms with Gasteiger partial charge in [0.15, 0.2) is 6.30 Å². The standard InChI is InChI=1S/C29H30FN7O/c1-20-5-8-24(16-27(20)35-29-33-15-12-26(34-29)22-4-3-13-31-17-22)37(19-38)23-9-6-21(7-10-23)28(30)36(2)25-11-14-32-18-25/h3-10,12-13,15-17,19,25,28,32H,11,14,18H2,1-2H3,(H,33,34,35). The van der Waals surface area contributed by atoms with E-state index in [4.69, 9.17) is 0 Å². The van der Waals surface area contributed by atoms with E-state index in [1.165, 1.54) is 4.90 Å². The van der Waals surface area contributed by atoms with E-state index >= 15 is 4.39 Å². The first kappa shape index (κ1) is 25.4. The van der Waals surface area contributed by atoms with E-state index < -0.39 is 6.30 Å². The van der Waals surface area contributed by atoms with Crippen LogP contribution in [0.4, 0.5) is 27.4 Å². The number of alkyl halides is 1. The second-order valence-corrected chi connectivity index (χ2v) is 9.35. The fraction of sp³-hybridized carbons (Fsp3) is 0.241. The van der Waals surface area contributed by atoms with E-state index in [1.807, 2.05) is 50.4 Å². The maximum Gasteiger partial charge on any atom is 0.227 e. The number of carbonyl (C=O) groups is 1. The van der Waals surface area contributed by atoms with Gasteiger partial charge < -0.3 is 10.6 Å². The number of anilines is 4. The van der Waals surface area contributed by atoms with Gasteiger partial charge in [-0.15, -0.1) is 0 Å². The fourth-order valence-corrected chi connectivity index (χ4v) is 4.58. The zero-order chi connectivity index (χ0) is 26.5. The molecular weight excluding hydrogens is 481 g/mol. The molecule has 0 bridgehead atoms. The van der Waals surface area contributed by atoms with Crippen LogP contribution in [0.1, 0.15) is 23.8 Å². The van der Waals surface area contributed by atoms with Gasteiger partial charge in [-0.25, -0.2) is 14.4 Å². The van der Waals surface area contributed by atoms with Crippen LogP contribution in [-0.2, 0) is 4.79 Å². The highest BCUT2D eigenvalue weighted by Gasteiger charge is 2.26. The first-order valence-electron chi connectivity index (χ1n) is 12.6. The van der Waals surface area contributed by atoms with E-state index in [-0.39, 0.29) is 6.04 Å². The molecule has 0 spiro atoms. The van der Waals surface area contributed by atoms with E-state index in [0.717, 1.165) is 48.4 Å². The van der Waals surface area contributed by atoms with Crippen molar-refractivity contribution in [3.63, 3.8) is 0 Å². The molecule has 0 radical (unpaired) electrons. The lowest BCUT2D eigenvalue weighted by atomic mass is 10.1. The predicted molar refractivity (Wildman–Crippen MR) is 147 cm³/mol. The normalized spacial score (nSPS) is 15.8. The summed E-state index contributed by atoms with van der Waals surface area (Å²) < 4.78 is 15.2. The maximum absolute atomic E-state index is 15.2. The minimum Gasteiger partial charge on any atom is -0.324 e. The summed E-state index contributed by atoms with van der Waals surface area (Å²) in [7, 11) is 1.81. The lowest BCUT2D eigenvalue weighted by Gasteiger charge is -2.27. The number of pyridine rings is 1. The zero-order valence-corrected chi connectivity index (χ0v) is 21.4. The predicted octanol–water partition coefficient (Wildman–Crippen LogP) is 5.15. The monoisotopic (exact) mass is 511 g/mol. The van der Waals surface area contributed by atoms with Gasteiger partial charge in [0.1, 0.15) is 0 Å². The van der Waals surface area contributed by atoms with Gasteiger partial charge in [0.25, 0.3) is 0 Å². The molecule has 2 aromatic carbocycles. The zero-order valence-electron chi connectivity index (χ0n) is 21.4. The molecular formula is C29H30FN7O. The molecule has 1 aliphatic rings. The van der Waals surface area contributed by atoms with Crippen LogP contribution in [0.2, 0.25) is 0 Å². The highest BCUT2D eigenvalue weighted by atomic mass is 19.1. The minimum absolute atomic E-state index is 0.170. The Kier molecular flexibility index (Phi) is 7.67. The minimum atomic E-state index is -1.21. The molecule has 2 unspecified atom stereocenters. The third-order valence-electron chi connectivity index (χ3n) is 6.88. The summed E-state index contributed by atoms with van der Waals surface area (Å²) in [5.74, 6) is 0.434. The molecule has 5 rings (SSSR count). The van der Waals surface area contributed by atoms with E-state index in [1.54, 1.807) is 47.8 Å². The first-order chi connectivity index (χ1) is 18.5. The molecule has 1 aliphatic heterocycles. The van der Waals surface area contributed by atoms with E-state index in [9.17, 15) is 4.79 Å². The van der Waals surface area contributed by atoms with Crippen LogP contribution in [0.3, 0.4) is 0 Å². The number of rotatable bonds is 9. The topological polar surface area (TPSA) is 86.3 Å². The number of aromatic nitrogens is 3. The Morgan fingerprint density at radius 2 is 1.92 bits per heavy atom. The van der Waals surface area contributed by atoms with Crippen molar-refractivity contribution < 1.29 is 9.18 Å². The highest BCUT2D eigenvalue weighted by Crippen LogP contribution is 2.32. The van der Waals surface area contributed by atoms with Crippen LogP contribution in [-0.4, -0.2) is 52.4 Å².